The molecular formula is C25H23N5O3S. The largest absolute Gasteiger partial charge is 0.497 e. The molecule has 4 aromatic rings. The van der Waals surface area contributed by atoms with Crippen LogP contribution in [0.25, 0.3) is 5.69 Å². The number of hydrogen-bond donors (Lipinski definition) is 2. The zero-order chi connectivity index (χ0) is 23.9. The van der Waals surface area contributed by atoms with Gasteiger partial charge in [-0.25, -0.2) is 0 Å². The average molecular weight is 474 g/mol. The summed E-state index contributed by atoms with van der Waals surface area (Å²) in [6.07, 6.45) is 1.61. The predicted molar refractivity (Wildman–Crippen MR) is 133 cm³/mol. The minimum absolute atomic E-state index is 0.108. The van der Waals surface area contributed by atoms with Gasteiger partial charge in [0.1, 0.15) is 12.1 Å². The van der Waals surface area contributed by atoms with Gasteiger partial charge in [-0.05, 0) is 43.3 Å². The van der Waals surface area contributed by atoms with Crippen molar-refractivity contribution in [3.63, 3.8) is 0 Å². The van der Waals surface area contributed by atoms with Crippen molar-refractivity contribution in [1.29, 1.82) is 0 Å². The van der Waals surface area contributed by atoms with Gasteiger partial charge in [0.05, 0.1) is 24.1 Å². The van der Waals surface area contributed by atoms with Crippen LogP contribution in [0.15, 0.2) is 84.3 Å². The van der Waals surface area contributed by atoms with Gasteiger partial charge < -0.3 is 15.4 Å². The Morgan fingerprint density at radius 1 is 1.00 bits per heavy atom. The molecule has 34 heavy (non-hydrogen) atoms. The molecule has 0 aliphatic rings. The molecule has 172 valence electrons. The molecule has 2 N–H and O–H groups in total. The number of rotatable bonds is 8. The van der Waals surface area contributed by atoms with Crippen LogP contribution in [0.5, 0.6) is 5.75 Å². The molecule has 1 aromatic heterocycles. The number of aromatic nitrogens is 3. The normalized spacial score (nSPS) is 10.5. The third-order valence-corrected chi connectivity index (χ3v) is 5.88. The Balaban J connectivity index is 1.41. The number of benzene rings is 3. The number of nitrogens with one attached hydrogen (secondary N) is 2. The fraction of sp³-hybridized carbons (Fsp3) is 0.120. The molecule has 4 rings (SSSR count). The molecule has 2 amide bonds. The fourth-order valence-corrected chi connectivity index (χ4v) is 3.94. The number of anilines is 2. The molecule has 8 nitrogen and oxygen atoms in total. The van der Waals surface area contributed by atoms with Gasteiger partial charge in [0.15, 0.2) is 5.16 Å². The van der Waals surface area contributed by atoms with Crippen LogP contribution >= 0.6 is 11.8 Å². The molecule has 0 saturated heterocycles. The molecule has 0 fully saturated rings. The van der Waals surface area contributed by atoms with E-state index in [-0.39, 0.29) is 17.6 Å². The van der Waals surface area contributed by atoms with Crippen molar-refractivity contribution in [2.45, 2.75) is 12.1 Å². The van der Waals surface area contributed by atoms with E-state index in [2.05, 4.69) is 20.8 Å². The van der Waals surface area contributed by atoms with E-state index in [0.29, 0.717) is 27.8 Å². The van der Waals surface area contributed by atoms with Gasteiger partial charge in [0.25, 0.3) is 5.91 Å². The number of carbonyl (C=O) groups is 2. The highest BCUT2D eigenvalue weighted by molar-refractivity contribution is 7.99. The molecule has 0 radical (unpaired) electrons. The number of para-hydroxylation sites is 1. The van der Waals surface area contributed by atoms with Crippen molar-refractivity contribution in [2.24, 2.45) is 0 Å². The summed E-state index contributed by atoms with van der Waals surface area (Å²) in [6, 6.07) is 21.9. The fourth-order valence-electron chi connectivity index (χ4n) is 3.21. The topological polar surface area (TPSA) is 98.1 Å². The van der Waals surface area contributed by atoms with Gasteiger partial charge in [-0.15, -0.1) is 10.2 Å². The predicted octanol–water partition coefficient (Wildman–Crippen LogP) is 4.57. The van der Waals surface area contributed by atoms with Crippen molar-refractivity contribution >= 4 is 35.0 Å². The number of methoxy groups -OCH3 is 1. The van der Waals surface area contributed by atoms with Crippen molar-refractivity contribution in [2.75, 3.05) is 23.5 Å². The van der Waals surface area contributed by atoms with Crippen LogP contribution in [-0.4, -0.2) is 39.4 Å². The van der Waals surface area contributed by atoms with Crippen molar-refractivity contribution in [1.82, 2.24) is 14.8 Å². The maximum atomic E-state index is 12.9. The summed E-state index contributed by atoms with van der Waals surface area (Å²) in [7, 11) is 1.56. The van der Waals surface area contributed by atoms with Crippen LogP contribution in [0, 0.1) is 6.92 Å². The quantitative estimate of drug-likeness (QED) is 0.364. The SMILES string of the molecule is COc1cccc(NC(=O)c2ccccc2NC(=O)CSc2nncn2-c2ccc(C)cc2)c1. The average Bonchev–Trinajstić information content (AvgIpc) is 3.32. The number of hydrogen-bond acceptors (Lipinski definition) is 6. The Morgan fingerprint density at radius 2 is 1.79 bits per heavy atom. The number of carbonyl (C=O) groups excluding carboxylic acids is 2. The van der Waals surface area contributed by atoms with Gasteiger partial charge in [-0.2, -0.15) is 0 Å². The standard InChI is InChI=1S/C25H23N5O3S/c1-17-10-12-19(13-11-17)30-16-26-29-25(30)34-15-23(31)28-22-9-4-3-8-21(22)24(32)27-18-6-5-7-20(14-18)33-2/h3-14,16H,15H2,1-2H3,(H,27,32)(H,28,31). The summed E-state index contributed by atoms with van der Waals surface area (Å²) in [6.45, 7) is 2.02. The number of nitrogens with zero attached hydrogens (tertiary/aromatic N) is 3. The summed E-state index contributed by atoms with van der Waals surface area (Å²) in [5, 5.41) is 14.4. The van der Waals surface area contributed by atoms with E-state index < -0.39 is 0 Å². The Hall–Kier alpha value is -4.11. The Morgan fingerprint density at radius 3 is 2.59 bits per heavy atom. The van der Waals surface area contributed by atoms with E-state index in [1.54, 1.807) is 62.0 Å². The van der Waals surface area contributed by atoms with Crippen LogP contribution in [0.4, 0.5) is 11.4 Å². The van der Waals surface area contributed by atoms with E-state index >= 15 is 0 Å². The highest BCUT2D eigenvalue weighted by Gasteiger charge is 2.15. The third-order valence-electron chi connectivity index (χ3n) is 4.93. The maximum Gasteiger partial charge on any atom is 0.257 e. The minimum atomic E-state index is -0.337. The molecule has 0 spiro atoms. The summed E-state index contributed by atoms with van der Waals surface area (Å²) >= 11 is 1.26. The second-order valence-electron chi connectivity index (χ2n) is 7.39. The maximum absolute atomic E-state index is 12.9. The number of aryl methyl sites for hydroxylation is 1. The number of ether oxygens (including phenoxy) is 1. The summed E-state index contributed by atoms with van der Waals surface area (Å²) in [5.74, 6) is 0.145. The van der Waals surface area contributed by atoms with Crippen LogP contribution in [-0.2, 0) is 4.79 Å². The van der Waals surface area contributed by atoms with Crippen LogP contribution < -0.4 is 15.4 Å². The van der Waals surface area contributed by atoms with E-state index in [0.717, 1.165) is 11.3 Å². The van der Waals surface area contributed by atoms with Crippen LogP contribution in [0.2, 0.25) is 0 Å². The van der Waals surface area contributed by atoms with Gasteiger partial charge in [-0.1, -0.05) is 47.7 Å². The first-order chi connectivity index (χ1) is 16.5. The molecule has 3 aromatic carbocycles. The van der Waals surface area contributed by atoms with Gasteiger partial charge in [0, 0.05) is 17.4 Å². The summed E-state index contributed by atoms with van der Waals surface area (Å²) < 4.78 is 7.02. The molecule has 9 heteroatoms. The lowest BCUT2D eigenvalue weighted by Crippen LogP contribution is -2.19. The Kier molecular flexibility index (Phi) is 7.24. The first-order valence-corrected chi connectivity index (χ1v) is 11.5. The third kappa shape index (κ3) is 5.62. The minimum Gasteiger partial charge on any atom is -0.497 e. The molecule has 0 atom stereocenters. The molecular weight excluding hydrogens is 450 g/mol. The van der Waals surface area contributed by atoms with Crippen LogP contribution in [0.1, 0.15) is 15.9 Å². The van der Waals surface area contributed by atoms with E-state index in [1.165, 1.54) is 11.8 Å². The number of amides is 2. The van der Waals surface area contributed by atoms with E-state index in [9.17, 15) is 9.59 Å². The van der Waals surface area contributed by atoms with Gasteiger partial charge in [-0.3, -0.25) is 14.2 Å². The lowest BCUT2D eigenvalue weighted by atomic mass is 10.1. The van der Waals surface area contributed by atoms with Gasteiger partial charge >= 0.3 is 0 Å². The molecule has 0 aliphatic heterocycles. The lowest BCUT2D eigenvalue weighted by Gasteiger charge is -2.12. The van der Waals surface area contributed by atoms with Crippen molar-refractivity contribution in [3.8, 4) is 11.4 Å². The summed E-state index contributed by atoms with van der Waals surface area (Å²) in [5.41, 5.74) is 3.44. The monoisotopic (exact) mass is 473 g/mol. The van der Waals surface area contributed by atoms with Crippen LogP contribution in [0.3, 0.4) is 0 Å². The van der Waals surface area contributed by atoms with E-state index in [1.807, 2.05) is 35.8 Å². The number of thioether (sulfide) groups is 1. The Labute approximate surface area is 201 Å². The second-order valence-corrected chi connectivity index (χ2v) is 8.33. The molecule has 1 heterocycles. The highest BCUT2D eigenvalue weighted by atomic mass is 32.2. The summed E-state index contributed by atoms with van der Waals surface area (Å²) in [4.78, 5) is 25.5. The molecule has 0 aliphatic carbocycles. The smallest absolute Gasteiger partial charge is 0.257 e. The second kappa shape index (κ2) is 10.7. The van der Waals surface area contributed by atoms with Gasteiger partial charge in [0.2, 0.25) is 5.91 Å². The Bertz CT molecular complexity index is 1300. The zero-order valence-corrected chi connectivity index (χ0v) is 19.5. The lowest BCUT2D eigenvalue weighted by molar-refractivity contribution is -0.113. The zero-order valence-electron chi connectivity index (χ0n) is 18.7. The van der Waals surface area contributed by atoms with E-state index in [4.69, 9.17) is 4.74 Å². The highest BCUT2D eigenvalue weighted by Crippen LogP contribution is 2.23. The molecule has 0 bridgehead atoms. The van der Waals surface area contributed by atoms with Crippen molar-refractivity contribution in [3.05, 3.63) is 90.3 Å². The molecule has 0 saturated carbocycles. The first kappa shape index (κ1) is 23.1. The van der Waals surface area contributed by atoms with Crippen molar-refractivity contribution < 1.29 is 14.3 Å². The molecule has 0 unspecified atom stereocenters. The first-order valence-electron chi connectivity index (χ1n) is 10.5.